The lowest BCUT2D eigenvalue weighted by Gasteiger charge is -2.34. The van der Waals surface area contributed by atoms with E-state index in [9.17, 15) is 4.79 Å². The van der Waals surface area contributed by atoms with Gasteiger partial charge in [-0.05, 0) is 42.9 Å². The van der Waals surface area contributed by atoms with Crippen molar-refractivity contribution in [1.29, 1.82) is 0 Å². The van der Waals surface area contributed by atoms with Crippen molar-refractivity contribution >= 4 is 5.69 Å². The summed E-state index contributed by atoms with van der Waals surface area (Å²) in [6.45, 7) is 4.66. The molecule has 3 aromatic rings. The van der Waals surface area contributed by atoms with Gasteiger partial charge in [-0.3, -0.25) is 9.36 Å². The maximum absolute atomic E-state index is 12.5. The Labute approximate surface area is 165 Å². The molecular formula is C23H25N3O2. The molecule has 144 valence electrons. The molecule has 1 aliphatic rings. The van der Waals surface area contributed by atoms with E-state index < -0.39 is 0 Å². The van der Waals surface area contributed by atoms with Gasteiger partial charge >= 0.3 is 0 Å². The number of ether oxygens (including phenoxy) is 1. The van der Waals surface area contributed by atoms with Crippen LogP contribution >= 0.6 is 0 Å². The fourth-order valence-corrected chi connectivity index (χ4v) is 3.39. The number of anilines is 1. The van der Waals surface area contributed by atoms with E-state index in [2.05, 4.69) is 29.0 Å². The second-order valence-electron chi connectivity index (χ2n) is 7.15. The normalized spacial score (nSPS) is 14.8. The quantitative estimate of drug-likeness (QED) is 0.687. The highest BCUT2D eigenvalue weighted by Crippen LogP contribution is 2.19. The van der Waals surface area contributed by atoms with Crippen molar-refractivity contribution in [2.24, 2.45) is 0 Å². The summed E-state index contributed by atoms with van der Waals surface area (Å²) in [5.41, 5.74) is 3.04. The molecule has 0 atom stereocenters. The maximum atomic E-state index is 12.5. The van der Waals surface area contributed by atoms with Crippen molar-refractivity contribution in [1.82, 2.24) is 9.47 Å². The van der Waals surface area contributed by atoms with Crippen LogP contribution in [0.3, 0.4) is 0 Å². The van der Waals surface area contributed by atoms with Crippen molar-refractivity contribution in [2.75, 3.05) is 38.1 Å². The van der Waals surface area contributed by atoms with Gasteiger partial charge in [-0.15, -0.1) is 0 Å². The van der Waals surface area contributed by atoms with Crippen molar-refractivity contribution in [2.45, 2.75) is 6.61 Å². The van der Waals surface area contributed by atoms with Gasteiger partial charge in [0, 0.05) is 49.8 Å². The van der Waals surface area contributed by atoms with Gasteiger partial charge in [0.05, 0.1) is 0 Å². The van der Waals surface area contributed by atoms with Crippen LogP contribution in [0.2, 0.25) is 0 Å². The van der Waals surface area contributed by atoms with E-state index in [4.69, 9.17) is 4.74 Å². The summed E-state index contributed by atoms with van der Waals surface area (Å²) >= 11 is 0. The Balaban J connectivity index is 1.44. The predicted molar refractivity (Wildman–Crippen MR) is 113 cm³/mol. The molecule has 28 heavy (non-hydrogen) atoms. The molecule has 1 aliphatic heterocycles. The van der Waals surface area contributed by atoms with E-state index in [1.807, 2.05) is 48.5 Å². The number of aromatic nitrogens is 1. The number of likely N-dealkylation sites (N-methyl/N-ethyl adjacent to an activating group) is 1. The first-order chi connectivity index (χ1) is 13.7. The number of benzene rings is 2. The van der Waals surface area contributed by atoms with Gasteiger partial charge in [0.25, 0.3) is 5.56 Å². The minimum Gasteiger partial charge on any atom is -0.489 e. The van der Waals surface area contributed by atoms with Crippen molar-refractivity contribution in [3.8, 4) is 11.4 Å². The molecule has 0 bridgehead atoms. The molecule has 2 heterocycles. The molecule has 5 nitrogen and oxygen atoms in total. The molecule has 1 aromatic heterocycles. The van der Waals surface area contributed by atoms with E-state index in [0.29, 0.717) is 12.4 Å². The van der Waals surface area contributed by atoms with Crippen LogP contribution in [-0.2, 0) is 6.61 Å². The SMILES string of the molecule is CN1CCN(c2ccc(-n3ccc(OCc4ccccc4)cc3=O)cc2)CC1. The zero-order valence-electron chi connectivity index (χ0n) is 16.1. The van der Waals surface area contributed by atoms with Crippen LogP contribution in [0, 0.1) is 0 Å². The van der Waals surface area contributed by atoms with Crippen molar-refractivity contribution in [3.05, 3.63) is 88.8 Å². The monoisotopic (exact) mass is 375 g/mol. The summed E-state index contributed by atoms with van der Waals surface area (Å²) in [5.74, 6) is 0.583. The maximum Gasteiger partial charge on any atom is 0.258 e. The highest BCUT2D eigenvalue weighted by molar-refractivity contribution is 5.51. The van der Waals surface area contributed by atoms with Crippen LogP contribution in [0.25, 0.3) is 5.69 Å². The fourth-order valence-electron chi connectivity index (χ4n) is 3.39. The molecule has 0 N–H and O–H groups in total. The minimum absolute atomic E-state index is 0.0992. The zero-order valence-corrected chi connectivity index (χ0v) is 16.1. The van der Waals surface area contributed by atoms with Crippen molar-refractivity contribution < 1.29 is 4.74 Å². The molecule has 0 aliphatic carbocycles. The lowest BCUT2D eigenvalue weighted by Crippen LogP contribution is -2.44. The number of hydrogen-bond acceptors (Lipinski definition) is 4. The van der Waals surface area contributed by atoms with Gasteiger partial charge < -0.3 is 14.5 Å². The molecule has 0 saturated carbocycles. The molecule has 0 radical (unpaired) electrons. The van der Waals surface area contributed by atoms with Gasteiger partial charge in [0.1, 0.15) is 12.4 Å². The summed E-state index contributed by atoms with van der Waals surface area (Å²) < 4.78 is 7.39. The summed E-state index contributed by atoms with van der Waals surface area (Å²) in [7, 11) is 2.15. The van der Waals surface area contributed by atoms with E-state index in [0.717, 1.165) is 37.4 Å². The average Bonchev–Trinajstić information content (AvgIpc) is 2.74. The van der Waals surface area contributed by atoms with Crippen molar-refractivity contribution in [3.63, 3.8) is 0 Å². The first kappa shape index (κ1) is 18.3. The Morgan fingerprint density at radius 1 is 0.857 bits per heavy atom. The van der Waals surface area contributed by atoms with Crippen LogP contribution in [0.4, 0.5) is 5.69 Å². The highest BCUT2D eigenvalue weighted by atomic mass is 16.5. The molecular weight excluding hydrogens is 350 g/mol. The van der Waals surface area contributed by atoms with E-state index >= 15 is 0 Å². The number of rotatable bonds is 5. The minimum atomic E-state index is -0.0992. The standard InChI is InChI=1S/C23H25N3O2/c1-24-13-15-25(16-14-24)20-7-9-21(10-8-20)26-12-11-22(17-23(26)27)28-18-19-5-3-2-4-6-19/h2-12,17H,13-16,18H2,1H3. The first-order valence-corrected chi connectivity index (χ1v) is 9.62. The van der Waals surface area contributed by atoms with Crippen LogP contribution in [0.15, 0.2) is 77.7 Å². The second-order valence-corrected chi connectivity index (χ2v) is 7.15. The Morgan fingerprint density at radius 3 is 2.21 bits per heavy atom. The third-order valence-electron chi connectivity index (χ3n) is 5.14. The number of nitrogens with zero attached hydrogens (tertiary/aromatic N) is 3. The number of piperazine rings is 1. The summed E-state index contributed by atoms with van der Waals surface area (Å²) in [5, 5.41) is 0. The molecule has 0 unspecified atom stereocenters. The van der Waals surface area contributed by atoms with Crippen LogP contribution in [-0.4, -0.2) is 42.7 Å². The van der Waals surface area contributed by atoms with Gasteiger partial charge in [-0.25, -0.2) is 0 Å². The lowest BCUT2D eigenvalue weighted by molar-refractivity contribution is 0.305. The summed E-state index contributed by atoms with van der Waals surface area (Å²) in [6, 6.07) is 21.5. The Bertz CT molecular complexity index is 959. The Hall–Kier alpha value is -3.05. The zero-order chi connectivity index (χ0) is 19.3. The smallest absolute Gasteiger partial charge is 0.258 e. The van der Waals surface area contributed by atoms with Gasteiger partial charge in [0.15, 0.2) is 0 Å². The largest absolute Gasteiger partial charge is 0.489 e. The Morgan fingerprint density at radius 2 is 1.54 bits per heavy atom. The first-order valence-electron chi connectivity index (χ1n) is 9.62. The third kappa shape index (κ3) is 4.26. The Kier molecular flexibility index (Phi) is 5.44. The van der Waals surface area contributed by atoms with Gasteiger partial charge in [-0.1, -0.05) is 30.3 Å². The van der Waals surface area contributed by atoms with Gasteiger partial charge in [-0.2, -0.15) is 0 Å². The molecule has 0 amide bonds. The van der Waals surface area contributed by atoms with E-state index in [1.54, 1.807) is 10.8 Å². The summed E-state index contributed by atoms with van der Waals surface area (Å²) in [4.78, 5) is 17.3. The molecule has 2 aromatic carbocycles. The molecule has 5 heteroatoms. The van der Waals surface area contributed by atoms with Crippen LogP contribution < -0.4 is 15.2 Å². The lowest BCUT2D eigenvalue weighted by atomic mass is 10.2. The van der Waals surface area contributed by atoms with Crippen LogP contribution in [0.5, 0.6) is 5.75 Å². The fraction of sp³-hybridized carbons (Fsp3) is 0.261. The van der Waals surface area contributed by atoms with E-state index in [1.165, 1.54) is 11.8 Å². The highest BCUT2D eigenvalue weighted by Gasteiger charge is 2.14. The summed E-state index contributed by atoms with van der Waals surface area (Å²) in [6.07, 6.45) is 1.77. The van der Waals surface area contributed by atoms with Gasteiger partial charge in [0.2, 0.25) is 0 Å². The second kappa shape index (κ2) is 8.31. The average molecular weight is 375 g/mol. The number of pyridine rings is 1. The number of hydrogen-bond donors (Lipinski definition) is 0. The topological polar surface area (TPSA) is 37.7 Å². The predicted octanol–water partition coefficient (Wildman–Crippen LogP) is 3.17. The van der Waals surface area contributed by atoms with Crippen LogP contribution in [0.1, 0.15) is 5.56 Å². The molecule has 0 spiro atoms. The molecule has 1 fully saturated rings. The molecule has 4 rings (SSSR count). The van der Waals surface area contributed by atoms with E-state index in [-0.39, 0.29) is 5.56 Å². The molecule has 1 saturated heterocycles. The third-order valence-corrected chi connectivity index (χ3v) is 5.14.